The molecule has 0 aliphatic carbocycles. The van der Waals surface area contributed by atoms with E-state index in [4.69, 9.17) is 4.74 Å². The maximum Gasteiger partial charge on any atom is 0.271 e. The van der Waals surface area contributed by atoms with Gasteiger partial charge in [-0.2, -0.15) is 0 Å². The minimum absolute atomic E-state index is 0.0946. The van der Waals surface area contributed by atoms with Crippen LogP contribution in [0.25, 0.3) is 5.65 Å². The van der Waals surface area contributed by atoms with Crippen molar-refractivity contribution < 1.29 is 9.53 Å². The van der Waals surface area contributed by atoms with Crippen LogP contribution in [-0.4, -0.2) is 41.6 Å². The first-order valence-corrected chi connectivity index (χ1v) is 9.29. The molecule has 0 unspecified atom stereocenters. The third-order valence-corrected chi connectivity index (χ3v) is 4.97. The van der Waals surface area contributed by atoms with Crippen LogP contribution < -0.4 is 10.2 Å². The van der Waals surface area contributed by atoms with Gasteiger partial charge in [0.25, 0.3) is 5.91 Å². The Morgan fingerprint density at radius 3 is 2.67 bits per heavy atom. The first-order chi connectivity index (χ1) is 13.1. The molecule has 1 fully saturated rings. The van der Waals surface area contributed by atoms with Gasteiger partial charge in [-0.05, 0) is 49.2 Å². The van der Waals surface area contributed by atoms with Gasteiger partial charge in [0.2, 0.25) is 0 Å². The van der Waals surface area contributed by atoms with Crippen molar-refractivity contribution in [3.8, 4) is 0 Å². The van der Waals surface area contributed by atoms with Crippen LogP contribution in [0.5, 0.6) is 0 Å². The van der Waals surface area contributed by atoms with E-state index < -0.39 is 0 Å². The number of aromatic nitrogens is 2. The zero-order valence-corrected chi connectivity index (χ0v) is 15.7. The molecule has 1 aliphatic heterocycles. The van der Waals surface area contributed by atoms with Gasteiger partial charge in [-0.25, -0.2) is 4.98 Å². The number of carbonyl (C=O) groups excluding carboxylic acids is 1. The Bertz CT molecular complexity index is 942. The lowest BCUT2D eigenvalue weighted by Crippen LogP contribution is -2.36. The summed E-state index contributed by atoms with van der Waals surface area (Å²) in [4.78, 5) is 19.3. The van der Waals surface area contributed by atoms with E-state index in [9.17, 15) is 4.79 Å². The lowest BCUT2D eigenvalue weighted by Gasteiger charge is -2.29. The molecule has 6 nitrogen and oxygen atoms in total. The lowest BCUT2D eigenvalue weighted by atomic mass is 10.1. The molecule has 1 amide bonds. The van der Waals surface area contributed by atoms with Gasteiger partial charge in [-0.3, -0.25) is 4.79 Å². The molecule has 0 radical (unpaired) electrons. The lowest BCUT2D eigenvalue weighted by molar-refractivity contribution is 0.0935. The molecule has 0 bridgehead atoms. The van der Waals surface area contributed by atoms with Crippen molar-refractivity contribution in [2.75, 3.05) is 31.2 Å². The van der Waals surface area contributed by atoms with E-state index in [0.717, 1.165) is 43.1 Å². The van der Waals surface area contributed by atoms with E-state index in [0.29, 0.717) is 5.69 Å². The largest absolute Gasteiger partial charge is 0.378 e. The average molecular weight is 364 g/mol. The first kappa shape index (κ1) is 17.5. The number of hydrogen-bond donors (Lipinski definition) is 1. The summed E-state index contributed by atoms with van der Waals surface area (Å²) in [5, 5.41) is 3.04. The number of ether oxygens (including phenoxy) is 1. The molecule has 27 heavy (non-hydrogen) atoms. The standard InChI is InChI=1S/C21H24N4O2/c1-15-7-8-25-14-19(23-20(25)13-15)21(26)22-16(2)17-3-5-18(6-4-17)24-9-11-27-12-10-24/h3-8,13-14,16H,9-12H2,1-2H3,(H,22,26)/t16-/m1/s1. The van der Waals surface area contributed by atoms with Crippen LogP contribution in [-0.2, 0) is 4.74 Å². The van der Waals surface area contributed by atoms with Crippen molar-refractivity contribution in [3.05, 3.63) is 65.6 Å². The fourth-order valence-electron chi connectivity index (χ4n) is 3.34. The van der Waals surface area contributed by atoms with Gasteiger partial charge < -0.3 is 19.4 Å². The number of imidazole rings is 1. The Morgan fingerprint density at radius 2 is 1.93 bits per heavy atom. The van der Waals surface area contributed by atoms with E-state index >= 15 is 0 Å². The number of nitrogens with one attached hydrogen (secondary N) is 1. The zero-order chi connectivity index (χ0) is 18.8. The van der Waals surface area contributed by atoms with Gasteiger partial charge >= 0.3 is 0 Å². The minimum Gasteiger partial charge on any atom is -0.378 e. The Kier molecular flexibility index (Phi) is 4.81. The van der Waals surface area contributed by atoms with Crippen LogP contribution in [0.4, 0.5) is 5.69 Å². The topological polar surface area (TPSA) is 58.9 Å². The van der Waals surface area contributed by atoms with Crippen molar-refractivity contribution in [1.29, 1.82) is 0 Å². The second-order valence-electron chi connectivity index (χ2n) is 6.98. The Hall–Kier alpha value is -2.86. The highest BCUT2D eigenvalue weighted by atomic mass is 16.5. The van der Waals surface area contributed by atoms with E-state index in [-0.39, 0.29) is 11.9 Å². The summed E-state index contributed by atoms with van der Waals surface area (Å²) in [6.07, 6.45) is 3.68. The minimum atomic E-state index is -0.166. The molecular weight excluding hydrogens is 340 g/mol. The highest BCUT2D eigenvalue weighted by molar-refractivity contribution is 5.93. The summed E-state index contributed by atoms with van der Waals surface area (Å²) >= 11 is 0. The predicted molar refractivity (Wildman–Crippen MR) is 105 cm³/mol. The van der Waals surface area contributed by atoms with Gasteiger partial charge in [0.1, 0.15) is 11.3 Å². The summed E-state index contributed by atoms with van der Waals surface area (Å²) < 4.78 is 7.27. The van der Waals surface area contributed by atoms with Crippen LogP contribution in [0.1, 0.15) is 34.6 Å². The number of fused-ring (bicyclic) bond motifs is 1. The molecule has 0 saturated carbocycles. The molecule has 1 aromatic carbocycles. The van der Waals surface area contributed by atoms with Gasteiger partial charge in [0, 0.05) is 31.2 Å². The molecule has 3 heterocycles. The Morgan fingerprint density at radius 1 is 1.19 bits per heavy atom. The van der Waals surface area contributed by atoms with Crippen LogP contribution in [0.2, 0.25) is 0 Å². The third kappa shape index (κ3) is 3.80. The molecule has 1 atom stereocenters. The summed E-state index contributed by atoms with van der Waals surface area (Å²) in [5.41, 5.74) is 4.59. The fraction of sp³-hybridized carbons (Fsp3) is 0.333. The number of aryl methyl sites for hydroxylation is 1. The van der Waals surface area contributed by atoms with Gasteiger partial charge in [0.15, 0.2) is 0 Å². The van der Waals surface area contributed by atoms with Crippen molar-refractivity contribution in [2.45, 2.75) is 19.9 Å². The molecule has 4 rings (SSSR count). The zero-order valence-electron chi connectivity index (χ0n) is 15.7. The number of morpholine rings is 1. The molecule has 6 heteroatoms. The van der Waals surface area contributed by atoms with Crippen LogP contribution in [0.3, 0.4) is 0 Å². The summed E-state index contributed by atoms with van der Waals surface area (Å²) in [7, 11) is 0. The number of nitrogens with zero attached hydrogens (tertiary/aromatic N) is 3. The first-order valence-electron chi connectivity index (χ1n) is 9.29. The van der Waals surface area contributed by atoms with Crippen LogP contribution in [0, 0.1) is 6.92 Å². The van der Waals surface area contributed by atoms with Crippen LogP contribution >= 0.6 is 0 Å². The van der Waals surface area contributed by atoms with Crippen molar-refractivity contribution in [2.24, 2.45) is 0 Å². The molecule has 1 N–H and O–H groups in total. The highest BCUT2D eigenvalue weighted by Gasteiger charge is 2.16. The summed E-state index contributed by atoms with van der Waals surface area (Å²) in [6.45, 7) is 7.37. The number of carbonyl (C=O) groups is 1. The number of pyridine rings is 1. The predicted octanol–water partition coefficient (Wildman–Crippen LogP) is 2.97. The second kappa shape index (κ2) is 7.40. The number of anilines is 1. The van der Waals surface area contributed by atoms with E-state index in [1.165, 1.54) is 5.69 Å². The van der Waals surface area contributed by atoms with E-state index in [1.54, 1.807) is 6.20 Å². The maximum atomic E-state index is 12.6. The molecule has 1 aliphatic rings. The SMILES string of the molecule is Cc1ccn2cc(C(=O)N[C@H](C)c3ccc(N4CCOCC4)cc3)nc2c1. The van der Waals surface area contributed by atoms with Gasteiger partial charge in [-0.15, -0.1) is 0 Å². The maximum absolute atomic E-state index is 12.6. The Balaban J connectivity index is 1.44. The number of amides is 1. The van der Waals surface area contributed by atoms with Gasteiger partial charge in [-0.1, -0.05) is 12.1 Å². The number of hydrogen-bond acceptors (Lipinski definition) is 4. The van der Waals surface area contributed by atoms with Crippen molar-refractivity contribution in [1.82, 2.24) is 14.7 Å². The van der Waals surface area contributed by atoms with Crippen LogP contribution in [0.15, 0.2) is 48.8 Å². The molecule has 140 valence electrons. The summed E-state index contributed by atoms with van der Waals surface area (Å²) in [5.74, 6) is -0.166. The summed E-state index contributed by atoms with van der Waals surface area (Å²) in [6, 6.07) is 12.2. The second-order valence-corrected chi connectivity index (χ2v) is 6.98. The highest BCUT2D eigenvalue weighted by Crippen LogP contribution is 2.20. The average Bonchev–Trinajstić information content (AvgIpc) is 3.12. The molecule has 1 saturated heterocycles. The van der Waals surface area contributed by atoms with E-state index in [1.807, 2.05) is 36.6 Å². The Labute approximate surface area is 158 Å². The molecular formula is C21H24N4O2. The number of rotatable bonds is 4. The van der Waals surface area contributed by atoms with Crippen molar-refractivity contribution in [3.63, 3.8) is 0 Å². The molecule has 2 aromatic heterocycles. The molecule has 3 aromatic rings. The monoisotopic (exact) mass is 364 g/mol. The number of benzene rings is 1. The normalized spacial score (nSPS) is 15.7. The molecule has 0 spiro atoms. The quantitative estimate of drug-likeness (QED) is 0.773. The fourth-order valence-corrected chi connectivity index (χ4v) is 3.34. The smallest absolute Gasteiger partial charge is 0.271 e. The van der Waals surface area contributed by atoms with Gasteiger partial charge in [0.05, 0.1) is 19.3 Å². The van der Waals surface area contributed by atoms with Crippen molar-refractivity contribution >= 4 is 17.2 Å². The van der Waals surface area contributed by atoms with E-state index in [2.05, 4.69) is 39.5 Å². The third-order valence-electron chi connectivity index (χ3n) is 4.97.